The Morgan fingerprint density at radius 2 is 1.83 bits per heavy atom. The van der Waals surface area contributed by atoms with E-state index in [0.717, 1.165) is 23.1 Å². The summed E-state index contributed by atoms with van der Waals surface area (Å²) >= 11 is 12.7. The maximum Gasteiger partial charge on any atom is 0.328 e. The normalized spacial score (nSPS) is 12.4. The Balaban J connectivity index is 2.12. The minimum absolute atomic E-state index is 0.0467. The number of hydrogen-bond acceptors (Lipinski definition) is 3. The molecule has 2 rings (SSSR count). The maximum atomic E-state index is 13.1. The van der Waals surface area contributed by atoms with E-state index in [9.17, 15) is 12.8 Å². The van der Waals surface area contributed by atoms with Crippen LogP contribution in [0.5, 0.6) is 0 Å². The van der Waals surface area contributed by atoms with Crippen LogP contribution in [0.15, 0.2) is 52.3 Å². The molecule has 0 aromatic heterocycles. The highest BCUT2D eigenvalue weighted by Crippen LogP contribution is 2.20. The van der Waals surface area contributed by atoms with Gasteiger partial charge in [-0.05, 0) is 42.5 Å². The first-order valence-corrected chi connectivity index (χ1v) is 9.48. The van der Waals surface area contributed by atoms with Crippen molar-refractivity contribution in [1.29, 1.82) is 0 Å². The average Bonchev–Trinajstić information content (AvgIpc) is 2.49. The molecule has 0 aliphatic heterocycles. The van der Waals surface area contributed by atoms with Crippen molar-refractivity contribution in [2.45, 2.75) is 9.79 Å². The number of rotatable bonds is 5. The van der Waals surface area contributed by atoms with Gasteiger partial charge in [-0.15, -0.1) is 11.8 Å². The van der Waals surface area contributed by atoms with Crippen LogP contribution < -0.4 is 10.1 Å². The molecular weight excluding hydrogens is 382 g/mol. The van der Waals surface area contributed by atoms with Gasteiger partial charge in [-0.1, -0.05) is 23.2 Å². The van der Waals surface area contributed by atoms with E-state index in [1.165, 1.54) is 11.8 Å². The second-order valence-corrected chi connectivity index (χ2v) is 8.02. The van der Waals surface area contributed by atoms with Crippen LogP contribution in [0, 0.1) is 5.82 Å². The largest absolute Gasteiger partial charge is 0.328 e. The molecule has 0 aliphatic rings. The predicted octanol–water partition coefficient (Wildman–Crippen LogP) is 2.05. The molecule has 0 aliphatic carbocycles. The lowest BCUT2D eigenvalue weighted by atomic mass is 10.3. The van der Waals surface area contributed by atoms with Crippen LogP contribution >= 0.6 is 35.0 Å². The minimum atomic E-state index is -3.91. The number of hydrogen-bond donors (Lipinski definition) is 2. The lowest BCUT2D eigenvalue weighted by Crippen LogP contribution is -2.79. The third kappa shape index (κ3) is 5.10. The second kappa shape index (κ2) is 7.53. The van der Waals surface area contributed by atoms with Crippen molar-refractivity contribution in [3.05, 3.63) is 58.3 Å². The molecule has 2 aromatic carbocycles. The van der Waals surface area contributed by atoms with E-state index in [1.807, 2.05) is 0 Å². The number of benzene rings is 2. The van der Waals surface area contributed by atoms with Crippen LogP contribution in [0.3, 0.4) is 0 Å². The highest BCUT2D eigenvalue weighted by atomic mass is 35.5. The highest BCUT2D eigenvalue weighted by Gasteiger charge is 2.18. The quantitative estimate of drug-likeness (QED) is 0.463. The minimum Gasteiger partial charge on any atom is -0.289 e. The molecule has 3 N–H and O–H groups in total. The van der Waals surface area contributed by atoms with Crippen LogP contribution in [0.2, 0.25) is 10.0 Å². The molecule has 9 heteroatoms. The Hall–Kier alpha value is -1.28. The van der Waals surface area contributed by atoms with Crippen molar-refractivity contribution in [1.82, 2.24) is 0 Å². The van der Waals surface area contributed by atoms with Crippen molar-refractivity contribution < 1.29 is 17.2 Å². The molecule has 0 amide bonds. The van der Waals surface area contributed by atoms with E-state index in [4.69, 9.17) is 28.9 Å². The van der Waals surface area contributed by atoms with Gasteiger partial charge in [0.05, 0.1) is 10.8 Å². The molecule has 0 radical (unpaired) electrons. The van der Waals surface area contributed by atoms with Gasteiger partial charge in [0.25, 0.3) is 5.84 Å². The smallest absolute Gasteiger partial charge is 0.289 e. The van der Waals surface area contributed by atoms with Gasteiger partial charge in [0.1, 0.15) is 10.7 Å². The second-order valence-electron chi connectivity index (χ2n) is 4.45. The van der Waals surface area contributed by atoms with Crippen molar-refractivity contribution in [2.75, 3.05) is 5.75 Å². The Kier molecular flexibility index (Phi) is 5.91. The summed E-state index contributed by atoms with van der Waals surface area (Å²) in [5.74, 6) is -0.415. The molecule has 0 atom stereocenters. The summed E-state index contributed by atoms with van der Waals surface area (Å²) in [6.07, 6.45) is 0. The standard InChI is InChI=1S/C14H11Cl2FN2O2S2/c15-9-1-3-10(4-2-9)22-8-14(18)19-23(20,21)11-5-6-13(17)12(16)7-11/h1-7H,8H2,(H2,18,19)/p+1. The lowest BCUT2D eigenvalue weighted by molar-refractivity contribution is -0.269. The summed E-state index contributed by atoms with van der Waals surface area (Å²) in [6, 6.07) is 10.2. The monoisotopic (exact) mass is 393 g/mol. The molecule has 0 spiro atoms. The summed E-state index contributed by atoms with van der Waals surface area (Å²) < 4.78 is 39.6. The van der Waals surface area contributed by atoms with E-state index in [0.29, 0.717) is 5.02 Å². The molecule has 122 valence electrons. The van der Waals surface area contributed by atoms with E-state index < -0.39 is 15.8 Å². The number of nitrogens with one attached hydrogen (secondary N) is 1. The first-order valence-electron chi connectivity index (χ1n) is 6.25. The molecule has 0 heterocycles. The fourth-order valence-corrected chi connectivity index (χ4v) is 3.84. The van der Waals surface area contributed by atoms with Gasteiger partial charge >= 0.3 is 10.0 Å². The number of sulfonamides is 1. The molecule has 0 saturated heterocycles. The molecule has 0 bridgehead atoms. The summed E-state index contributed by atoms with van der Waals surface area (Å²) in [7, 11) is -3.91. The zero-order valence-electron chi connectivity index (χ0n) is 11.6. The molecule has 4 nitrogen and oxygen atoms in total. The predicted molar refractivity (Wildman–Crippen MR) is 90.9 cm³/mol. The number of halogens is 3. The molecule has 0 unspecified atom stereocenters. The van der Waals surface area contributed by atoms with Crippen LogP contribution in [0.1, 0.15) is 0 Å². The molecule has 2 aromatic rings. The van der Waals surface area contributed by atoms with Gasteiger partial charge in [0.15, 0.2) is 0 Å². The molecule has 23 heavy (non-hydrogen) atoms. The zero-order valence-corrected chi connectivity index (χ0v) is 14.7. The molecule has 0 saturated carbocycles. The van der Waals surface area contributed by atoms with Gasteiger partial charge in [-0.2, -0.15) is 12.8 Å². The highest BCUT2D eigenvalue weighted by molar-refractivity contribution is 8.00. The van der Waals surface area contributed by atoms with Gasteiger partial charge in [0, 0.05) is 9.92 Å². The van der Waals surface area contributed by atoms with Crippen LogP contribution in [0.25, 0.3) is 0 Å². The third-order valence-corrected chi connectivity index (χ3v) is 5.68. The fraction of sp³-hybridized carbons (Fsp3) is 0.0714. The average molecular weight is 394 g/mol. The Morgan fingerprint density at radius 3 is 2.43 bits per heavy atom. The van der Waals surface area contributed by atoms with Crippen molar-refractivity contribution in [3.63, 3.8) is 0 Å². The van der Waals surface area contributed by atoms with Crippen LogP contribution in [-0.2, 0) is 10.0 Å². The van der Waals surface area contributed by atoms with E-state index in [2.05, 4.69) is 4.40 Å². The zero-order chi connectivity index (χ0) is 17.0. The molecular formula is C14H12Cl2FN2O2S2+. The lowest BCUT2D eigenvalue weighted by Gasteiger charge is -2.01. The van der Waals surface area contributed by atoms with Crippen LogP contribution in [-0.4, -0.2) is 20.0 Å². The maximum absolute atomic E-state index is 13.1. The first-order chi connectivity index (χ1) is 10.8. The summed E-state index contributed by atoms with van der Waals surface area (Å²) in [4.78, 5) is 0.727. The Bertz CT molecular complexity index is 840. The van der Waals surface area contributed by atoms with Gasteiger partial charge < -0.3 is 0 Å². The Labute approximate surface area is 147 Å². The van der Waals surface area contributed by atoms with Crippen molar-refractivity contribution in [3.8, 4) is 0 Å². The van der Waals surface area contributed by atoms with E-state index in [1.54, 1.807) is 24.3 Å². The Morgan fingerprint density at radius 1 is 1.17 bits per heavy atom. The van der Waals surface area contributed by atoms with Crippen molar-refractivity contribution in [2.24, 2.45) is 5.73 Å². The van der Waals surface area contributed by atoms with Gasteiger partial charge in [-0.3, -0.25) is 5.73 Å². The van der Waals surface area contributed by atoms with Crippen LogP contribution in [0.4, 0.5) is 4.39 Å². The van der Waals surface area contributed by atoms with E-state index >= 15 is 0 Å². The van der Waals surface area contributed by atoms with Crippen molar-refractivity contribution >= 4 is 50.8 Å². The fourth-order valence-electron chi connectivity index (χ4n) is 1.60. The van der Waals surface area contributed by atoms with E-state index in [-0.39, 0.29) is 21.5 Å². The number of thioether (sulfide) groups is 1. The van der Waals surface area contributed by atoms with Gasteiger partial charge in [0.2, 0.25) is 0 Å². The topological polar surface area (TPSA) is 74.1 Å². The first kappa shape index (κ1) is 18.1. The third-order valence-electron chi connectivity index (χ3n) is 2.67. The number of nitrogens with two attached hydrogens (primary N) is 1. The number of amidine groups is 1. The summed E-state index contributed by atoms with van der Waals surface area (Å²) in [5, 5.41) is 0.335. The summed E-state index contributed by atoms with van der Waals surface area (Å²) in [6.45, 7) is 0. The van der Waals surface area contributed by atoms with Gasteiger partial charge in [-0.25, -0.2) is 4.39 Å². The SMILES string of the molecule is NC(CSc1ccc(Cl)cc1)=[NH+]S(=O)(=O)c1ccc(F)c(Cl)c1. The molecule has 0 fully saturated rings. The summed E-state index contributed by atoms with van der Waals surface area (Å²) in [5.41, 5.74) is 5.72.